The van der Waals surface area contributed by atoms with Crippen LogP contribution in [0.25, 0.3) is 0 Å². The van der Waals surface area contributed by atoms with Gasteiger partial charge in [0, 0.05) is 6.20 Å². The molecule has 5 nitrogen and oxygen atoms in total. The largest absolute Gasteiger partial charge is 0.478 e. The third kappa shape index (κ3) is 2.81. The molecule has 0 aliphatic heterocycles. The van der Waals surface area contributed by atoms with Crippen molar-refractivity contribution in [2.24, 2.45) is 16.5 Å². The summed E-state index contributed by atoms with van der Waals surface area (Å²) >= 11 is 0. The van der Waals surface area contributed by atoms with Crippen LogP contribution in [0.4, 0.5) is 10.1 Å². The maximum absolute atomic E-state index is 12.6. The number of hydrogen-bond donors (Lipinski definition) is 3. The zero-order chi connectivity index (χ0) is 12.1. The van der Waals surface area contributed by atoms with Gasteiger partial charge in [-0.05, 0) is 24.3 Å². The second-order valence-corrected chi connectivity index (χ2v) is 2.86. The summed E-state index contributed by atoms with van der Waals surface area (Å²) in [5.74, 6) is -1.92. The van der Waals surface area contributed by atoms with Gasteiger partial charge in [-0.2, -0.15) is 0 Å². The Kier molecular flexibility index (Phi) is 3.60. The molecule has 0 saturated carbocycles. The summed E-state index contributed by atoms with van der Waals surface area (Å²) in [5, 5.41) is 8.70. The number of halogens is 1. The number of aliphatic carboxylic acids is 1. The maximum Gasteiger partial charge on any atom is 0.340 e. The van der Waals surface area contributed by atoms with E-state index in [4.69, 9.17) is 16.6 Å². The van der Waals surface area contributed by atoms with Crippen LogP contribution in [0.3, 0.4) is 0 Å². The number of hydrogen-bond acceptors (Lipinski definition) is 3. The van der Waals surface area contributed by atoms with E-state index >= 15 is 0 Å². The lowest BCUT2D eigenvalue weighted by atomic mass is 10.2. The van der Waals surface area contributed by atoms with Gasteiger partial charge >= 0.3 is 5.97 Å². The number of aliphatic imine (C=N–C) groups is 1. The monoisotopic (exact) mass is 223 g/mol. The first-order valence-electron chi connectivity index (χ1n) is 4.30. The van der Waals surface area contributed by atoms with Gasteiger partial charge in [-0.15, -0.1) is 0 Å². The quantitative estimate of drug-likeness (QED) is 0.399. The van der Waals surface area contributed by atoms with Gasteiger partial charge in [-0.1, -0.05) is 0 Å². The summed E-state index contributed by atoms with van der Waals surface area (Å²) < 4.78 is 12.6. The lowest BCUT2D eigenvalue weighted by Crippen LogP contribution is -2.21. The van der Waals surface area contributed by atoms with Crippen molar-refractivity contribution in [1.82, 2.24) is 0 Å². The molecule has 1 rings (SSSR count). The number of nitrogens with two attached hydrogens (primary N) is 2. The molecule has 5 N–H and O–H groups in total. The number of benzene rings is 1. The minimum Gasteiger partial charge on any atom is -0.478 e. The number of amidine groups is 1. The fraction of sp³-hybridized carbons (Fsp3) is 0. The third-order valence-corrected chi connectivity index (χ3v) is 1.75. The van der Waals surface area contributed by atoms with Crippen molar-refractivity contribution in [2.75, 3.05) is 0 Å². The second-order valence-electron chi connectivity index (χ2n) is 2.86. The molecule has 0 atom stereocenters. The summed E-state index contributed by atoms with van der Waals surface area (Å²) in [4.78, 5) is 14.4. The molecular formula is C10H10FN3O2. The van der Waals surface area contributed by atoms with Gasteiger partial charge in [-0.25, -0.2) is 14.2 Å². The standard InChI is InChI=1S/C10H10FN3O2/c11-6-1-3-7(4-2-6)14-9(13)8(5-12)10(15)16/h1-5H,12H2,(H2,13,14)(H,15,16). The normalized spacial score (nSPS) is 12.6. The van der Waals surface area contributed by atoms with Crippen molar-refractivity contribution in [1.29, 1.82) is 0 Å². The molecule has 0 aromatic heterocycles. The molecule has 0 amide bonds. The Balaban J connectivity index is 3.00. The van der Waals surface area contributed by atoms with E-state index in [1.165, 1.54) is 24.3 Å². The van der Waals surface area contributed by atoms with Crippen molar-refractivity contribution in [3.8, 4) is 0 Å². The topological polar surface area (TPSA) is 102 Å². The van der Waals surface area contributed by atoms with Gasteiger partial charge in [0.25, 0.3) is 0 Å². The predicted molar refractivity (Wildman–Crippen MR) is 57.6 cm³/mol. The first kappa shape index (κ1) is 11.7. The first-order valence-corrected chi connectivity index (χ1v) is 4.30. The van der Waals surface area contributed by atoms with Crippen LogP contribution >= 0.6 is 0 Å². The number of rotatable bonds is 3. The average Bonchev–Trinajstić information content (AvgIpc) is 2.22. The Hall–Kier alpha value is -2.37. The Morgan fingerprint density at radius 1 is 1.38 bits per heavy atom. The van der Waals surface area contributed by atoms with Crippen LogP contribution < -0.4 is 11.5 Å². The molecule has 0 radical (unpaired) electrons. The van der Waals surface area contributed by atoms with E-state index in [0.717, 1.165) is 6.20 Å². The van der Waals surface area contributed by atoms with E-state index < -0.39 is 11.8 Å². The van der Waals surface area contributed by atoms with Gasteiger partial charge in [0.2, 0.25) is 0 Å². The predicted octanol–water partition coefficient (Wildman–Crippen LogP) is 0.742. The van der Waals surface area contributed by atoms with Crippen LogP contribution in [0.2, 0.25) is 0 Å². The van der Waals surface area contributed by atoms with Gasteiger partial charge < -0.3 is 16.6 Å². The van der Waals surface area contributed by atoms with Gasteiger partial charge in [0.15, 0.2) is 0 Å². The fourth-order valence-corrected chi connectivity index (χ4v) is 0.981. The van der Waals surface area contributed by atoms with E-state index in [-0.39, 0.29) is 11.4 Å². The van der Waals surface area contributed by atoms with Crippen molar-refractivity contribution in [3.63, 3.8) is 0 Å². The minimum absolute atomic E-state index is 0.235. The molecule has 0 aliphatic carbocycles. The van der Waals surface area contributed by atoms with Crippen LogP contribution in [0.15, 0.2) is 41.0 Å². The molecule has 0 aliphatic rings. The number of carboxylic acid groups (broad SMARTS) is 1. The Bertz CT molecular complexity index is 452. The number of carbonyl (C=O) groups is 1. The number of carboxylic acids is 1. The van der Waals surface area contributed by atoms with E-state index in [1.54, 1.807) is 0 Å². The highest BCUT2D eigenvalue weighted by Gasteiger charge is 2.10. The molecule has 1 aromatic carbocycles. The zero-order valence-electron chi connectivity index (χ0n) is 8.22. The molecule has 0 bridgehead atoms. The SMILES string of the molecule is NC=C(C(=O)O)C(N)=Nc1ccc(F)cc1. The lowest BCUT2D eigenvalue weighted by molar-refractivity contribution is -0.132. The summed E-state index contributed by atoms with van der Waals surface area (Å²) in [7, 11) is 0. The molecule has 84 valence electrons. The van der Waals surface area contributed by atoms with Crippen LogP contribution in [0, 0.1) is 5.82 Å². The minimum atomic E-state index is -1.27. The smallest absolute Gasteiger partial charge is 0.340 e. The molecule has 16 heavy (non-hydrogen) atoms. The molecule has 0 spiro atoms. The number of nitrogens with zero attached hydrogens (tertiary/aromatic N) is 1. The van der Waals surface area contributed by atoms with E-state index in [2.05, 4.69) is 4.99 Å². The van der Waals surface area contributed by atoms with E-state index in [0.29, 0.717) is 5.69 Å². The van der Waals surface area contributed by atoms with Crippen LogP contribution in [0.5, 0.6) is 0 Å². The molecule has 6 heteroatoms. The van der Waals surface area contributed by atoms with Crippen LogP contribution in [-0.4, -0.2) is 16.9 Å². The van der Waals surface area contributed by atoms with Crippen LogP contribution in [0.1, 0.15) is 0 Å². The van der Waals surface area contributed by atoms with Crippen molar-refractivity contribution >= 4 is 17.5 Å². The molecule has 1 aromatic rings. The molecule has 0 unspecified atom stereocenters. The highest BCUT2D eigenvalue weighted by molar-refractivity contribution is 6.18. The third-order valence-electron chi connectivity index (χ3n) is 1.75. The fourth-order valence-electron chi connectivity index (χ4n) is 0.981. The van der Waals surface area contributed by atoms with Crippen molar-refractivity contribution in [2.45, 2.75) is 0 Å². The molecule has 0 saturated heterocycles. The second kappa shape index (κ2) is 4.92. The highest BCUT2D eigenvalue weighted by Crippen LogP contribution is 2.13. The molecule has 0 heterocycles. The Labute approximate surface area is 90.9 Å². The molecule has 0 fully saturated rings. The van der Waals surface area contributed by atoms with Crippen LogP contribution in [-0.2, 0) is 4.79 Å². The summed E-state index contributed by atoms with van der Waals surface area (Å²) in [6.45, 7) is 0. The average molecular weight is 223 g/mol. The maximum atomic E-state index is 12.6. The van der Waals surface area contributed by atoms with Gasteiger partial charge in [-0.3, -0.25) is 0 Å². The Morgan fingerprint density at radius 2 is 1.94 bits per heavy atom. The first-order chi connectivity index (χ1) is 7.54. The lowest BCUT2D eigenvalue weighted by Gasteiger charge is -2.00. The van der Waals surface area contributed by atoms with E-state index in [9.17, 15) is 9.18 Å². The summed E-state index contributed by atoms with van der Waals surface area (Å²) in [6, 6.07) is 5.13. The highest BCUT2D eigenvalue weighted by atomic mass is 19.1. The van der Waals surface area contributed by atoms with Crippen molar-refractivity contribution in [3.05, 3.63) is 41.9 Å². The van der Waals surface area contributed by atoms with E-state index in [1.807, 2.05) is 0 Å². The summed E-state index contributed by atoms with van der Waals surface area (Å²) in [6.07, 6.45) is 0.852. The zero-order valence-corrected chi connectivity index (χ0v) is 8.22. The van der Waals surface area contributed by atoms with Crippen molar-refractivity contribution < 1.29 is 14.3 Å². The summed E-state index contributed by atoms with van der Waals surface area (Å²) in [5.41, 5.74) is 10.6. The molecular weight excluding hydrogens is 213 g/mol. The Morgan fingerprint density at radius 3 is 2.38 bits per heavy atom. The van der Waals surface area contributed by atoms with Gasteiger partial charge in [0.05, 0.1) is 5.69 Å². The van der Waals surface area contributed by atoms with Gasteiger partial charge in [0.1, 0.15) is 17.2 Å².